The molecule has 136 valence electrons. The second-order valence-corrected chi connectivity index (χ2v) is 6.38. The van der Waals surface area contributed by atoms with Gasteiger partial charge in [-0.25, -0.2) is 0 Å². The number of carbonyl (C=O) groups is 2. The van der Waals surface area contributed by atoms with Gasteiger partial charge in [0.25, 0.3) is 0 Å². The third-order valence-corrected chi connectivity index (χ3v) is 4.45. The van der Waals surface area contributed by atoms with Crippen LogP contribution >= 0.6 is 0 Å². The Hall–Kier alpha value is -1.05. The Morgan fingerprint density at radius 3 is 2.36 bits per heavy atom. The van der Waals surface area contributed by atoms with Crippen LogP contribution in [0.5, 0.6) is 0 Å². The molecule has 2 fully saturated rings. The molecular formula is C16H25B2NO6. The number of amides is 1. The lowest BCUT2D eigenvalue weighted by atomic mass is 9.95. The molecule has 2 unspecified atom stereocenters. The van der Waals surface area contributed by atoms with E-state index in [1.54, 1.807) is 0 Å². The van der Waals surface area contributed by atoms with Gasteiger partial charge in [-0.15, -0.1) is 0 Å². The predicted molar refractivity (Wildman–Crippen MR) is 91.3 cm³/mol. The molecule has 1 amide bonds. The zero-order valence-corrected chi connectivity index (χ0v) is 14.8. The minimum absolute atomic E-state index is 0.0161. The minimum Gasteiger partial charge on any atom is -0.459 e. The molecule has 7 nitrogen and oxygen atoms in total. The maximum Gasteiger partial charge on any atom is 0.306 e. The van der Waals surface area contributed by atoms with E-state index in [4.69, 9.17) is 34.6 Å². The van der Waals surface area contributed by atoms with Gasteiger partial charge in [-0.3, -0.25) is 9.59 Å². The maximum absolute atomic E-state index is 11.9. The Kier molecular flexibility index (Phi) is 7.78. The van der Waals surface area contributed by atoms with Crippen molar-refractivity contribution < 1.29 is 28.5 Å². The van der Waals surface area contributed by atoms with Crippen molar-refractivity contribution in [1.29, 1.82) is 0 Å². The first-order chi connectivity index (χ1) is 11.9. The van der Waals surface area contributed by atoms with E-state index in [1.807, 2.05) is 6.92 Å². The van der Waals surface area contributed by atoms with E-state index in [-0.39, 0.29) is 43.6 Å². The van der Waals surface area contributed by atoms with E-state index >= 15 is 0 Å². The molecule has 0 bridgehead atoms. The Bertz CT molecular complexity index is 466. The molecule has 25 heavy (non-hydrogen) atoms. The van der Waals surface area contributed by atoms with Gasteiger partial charge in [-0.1, -0.05) is 6.92 Å². The SMILES string of the molecule is [B][C@H]1CC(OC[C@H]2O[C@@H]([B])CC2OC(=O)CCC(=O)NC)[C@@H](CC)O1. The summed E-state index contributed by atoms with van der Waals surface area (Å²) in [4.78, 5) is 23.1. The van der Waals surface area contributed by atoms with Gasteiger partial charge in [0, 0.05) is 31.9 Å². The monoisotopic (exact) mass is 349 g/mol. The highest BCUT2D eigenvalue weighted by Crippen LogP contribution is 2.27. The number of ether oxygens (including phenoxy) is 4. The summed E-state index contributed by atoms with van der Waals surface area (Å²) in [6.45, 7) is 2.26. The molecule has 6 atom stereocenters. The van der Waals surface area contributed by atoms with Gasteiger partial charge in [0.2, 0.25) is 5.91 Å². The average molecular weight is 349 g/mol. The summed E-state index contributed by atoms with van der Waals surface area (Å²) < 4.78 is 22.5. The largest absolute Gasteiger partial charge is 0.459 e. The normalized spacial score (nSPS) is 34.8. The van der Waals surface area contributed by atoms with Crippen molar-refractivity contribution in [2.45, 2.75) is 75.5 Å². The van der Waals surface area contributed by atoms with Crippen molar-refractivity contribution in [3.8, 4) is 0 Å². The maximum atomic E-state index is 11.9. The molecule has 0 aliphatic carbocycles. The van der Waals surface area contributed by atoms with E-state index in [9.17, 15) is 9.59 Å². The molecule has 2 heterocycles. The Morgan fingerprint density at radius 1 is 1.08 bits per heavy atom. The topological polar surface area (TPSA) is 83.1 Å². The summed E-state index contributed by atoms with van der Waals surface area (Å²) in [5, 5.41) is 2.46. The quantitative estimate of drug-likeness (QED) is 0.482. The van der Waals surface area contributed by atoms with Crippen LogP contribution in [0.15, 0.2) is 0 Å². The predicted octanol–water partition coefficient (Wildman–Crippen LogP) is -0.213. The van der Waals surface area contributed by atoms with Crippen LogP contribution in [-0.2, 0) is 28.5 Å². The van der Waals surface area contributed by atoms with Crippen LogP contribution < -0.4 is 5.32 Å². The summed E-state index contributed by atoms with van der Waals surface area (Å²) in [6, 6.07) is -0.825. The standard InChI is InChI=1S/C16H25B2NO6/c1-3-9-10(6-13(17)23-9)22-8-12-11(7-14(18)24-12)25-16(21)5-4-15(20)19-2/h9-14H,3-8H2,1-2H3,(H,19,20)/t9-,10?,11?,12-,13-,14-/m1/s1. The molecule has 0 saturated carbocycles. The molecule has 0 aromatic heterocycles. The summed E-state index contributed by atoms with van der Waals surface area (Å²) in [5.41, 5.74) is 0. The molecule has 2 saturated heterocycles. The van der Waals surface area contributed by atoms with Gasteiger partial charge in [0.15, 0.2) is 0 Å². The summed E-state index contributed by atoms with van der Waals surface area (Å²) >= 11 is 0. The van der Waals surface area contributed by atoms with Crippen molar-refractivity contribution in [2.75, 3.05) is 13.7 Å². The first-order valence-electron chi connectivity index (χ1n) is 8.76. The number of esters is 1. The lowest BCUT2D eigenvalue weighted by Crippen LogP contribution is -2.35. The fraction of sp³-hybridized carbons (Fsp3) is 0.875. The van der Waals surface area contributed by atoms with Gasteiger partial charge < -0.3 is 24.3 Å². The number of hydrogen-bond donors (Lipinski definition) is 1. The molecule has 2 aliphatic heterocycles. The lowest BCUT2D eigenvalue weighted by molar-refractivity contribution is -0.155. The number of nitrogens with one attached hydrogen (secondary N) is 1. The highest BCUT2D eigenvalue weighted by Gasteiger charge is 2.38. The highest BCUT2D eigenvalue weighted by atomic mass is 16.6. The van der Waals surface area contributed by atoms with Crippen molar-refractivity contribution >= 4 is 27.6 Å². The zero-order valence-electron chi connectivity index (χ0n) is 14.8. The van der Waals surface area contributed by atoms with Crippen LogP contribution in [0, 0.1) is 0 Å². The van der Waals surface area contributed by atoms with Crippen LogP contribution in [0.25, 0.3) is 0 Å². The van der Waals surface area contributed by atoms with Crippen LogP contribution in [0.2, 0.25) is 0 Å². The second-order valence-electron chi connectivity index (χ2n) is 6.38. The molecule has 2 aliphatic rings. The highest BCUT2D eigenvalue weighted by molar-refractivity contribution is 6.11. The van der Waals surface area contributed by atoms with Gasteiger partial charge >= 0.3 is 5.97 Å². The first-order valence-corrected chi connectivity index (χ1v) is 8.76. The van der Waals surface area contributed by atoms with Crippen molar-refractivity contribution in [1.82, 2.24) is 5.32 Å². The second kappa shape index (κ2) is 9.59. The van der Waals surface area contributed by atoms with Crippen molar-refractivity contribution in [2.24, 2.45) is 0 Å². The average Bonchev–Trinajstić information content (AvgIpc) is 3.12. The van der Waals surface area contributed by atoms with Crippen molar-refractivity contribution in [3.05, 3.63) is 0 Å². The van der Waals surface area contributed by atoms with Crippen molar-refractivity contribution in [3.63, 3.8) is 0 Å². The van der Waals surface area contributed by atoms with E-state index in [0.29, 0.717) is 12.8 Å². The van der Waals surface area contributed by atoms with Gasteiger partial charge in [0.05, 0.1) is 25.2 Å². The summed E-state index contributed by atoms with van der Waals surface area (Å²) in [6.07, 6.45) is 0.862. The summed E-state index contributed by atoms with van der Waals surface area (Å²) in [7, 11) is 13.1. The van der Waals surface area contributed by atoms with E-state index < -0.39 is 24.2 Å². The van der Waals surface area contributed by atoms with E-state index in [2.05, 4.69) is 5.32 Å². The third kappa shape index (κ3) is 6.01. The van der Waals surface area contributed by atoms with Gasteiger partial charge in [-0.2, -0.15) is 0 Å². The molecular weight excluding hydrogens is 324 g/mol. The smallest absolute Gasteiger partial charge is 0.306 e. The van der Waals surface area contributed by atoms with E-state index in [1.165, 1.54) is 7.05 Å². The van der Waals surface area contributed by atoms with Crippen LogP contribution in [0.3, 0.4) is 0 Å². The first kappa shape index (κ1) is 20.3. The van der Waals surface area contributed by atoms with Crippen LogP contribution in [0.1, 0.15) is 39.0 Å². The number of rotatable bonds is 8. The molecule has 0 aromatic carbocycles. The molecule has 0 aromatic rings. The molecule has 9 heteroatoms. The Labute approximate surface area is 151 Å². The molecule has 4 radical (unpaired) electrons. The Balaban J connectivity index is 1.80. The Morgan fingerprint density at radius 2 is 1.72 bits per heavy atom. The number of hydrogen-bond acceptors (Lipinski definition) is 6. The summed E-state index contributed by atoms with van der Waals surface area (Å²) in [5.74, 6) is -0.659. The van der Waals surface area contributed by atoms with Crippen LogP contribution in [-0.4, -0.2) is 77.6 Å². The number of carbonyl (C=O) groups excluding carboxylic acids is 2. The molecule has 0 spiro atoms. The van der Waals surface area contributed by atoms with Gasteiger partial charge in [-0.05, 0) is 12.8 Å². The lowest BCUT2D eigenvalue weighted by Gasteiger charge is -2.23. The van der Waals surface area contributed by atoms with Crippen LogP contribution in [0.4, 0.5) is 0 Å². The molecule has 1 N–H and O–H groups in total. The third-order valence-electron chi connectivity index (χ3n) is 4.45. The fourth-order valence-electron chi connectivity index (χ4n) is 3.09. The molecule has 2 rings (SSSR count). The zero-order chi connectivity index (χ0) is 18.4. The van der Waals surface area contributed by atoms with Gasteiger partial charge in [0.1, 0.15) is 27.9 Å². The minimum atomic E-state index is -0.505. The fourth-order valence-corrected chi connectivity index (χ4v) is 3.09. The van der Waals surface area contributed by atoms with E-state index in [0.717, 1.165) is 6.42 Å².